The molecule has 0 aliphatic heterocycles. The van der Waals surface area contributed by atoms with E-state index in [1.165, 1.54) is 18.4 Å². The van der Waals surface area contributed by atoms with Crippen molar-refractivity contribution in [1.82, 2.24) is 14.8 Å². The minimum atomic E-state index is -0.448. The molecule has 7 nitrogen and oxygen atoms in total. The number of aromatic nitrogens is 3. The first kappa shape index (κ1) is 21.7. The van der Waals surface area contributed by atoms with Crippen molar-refractivity contribution in [2.45, 2.75) is 33.7 Å². The fourth-order valence-electron chi connectivity index (χ4n) is 3.96. The van der Waals surface area contributed by atoms with Crippen LogP contribution >= 0.6 is 11.3 Å². The number of amides is 1. The Labute approximate surface area is 190 Å². The van der Waals surface area contributed by atoms with Gasteiger partial charge in [0.15, 0.2) is 5.65 Å². The molecule has 0 saturated heterocycles. The molecule has 4 rings (SSSR count). The maximum atomic E-state index is 12.9. The van der Waals surface area contributed by atoms with Crippen LogP contribution in [0.15, 0.2) is 42.6 Å². The lowest BCUT2D eigenvalue weighted by Crippen LogP contribution is -2.20. The highest BCUT2D eigenvalue weighted by Crippen LogP contribution is 2.34. The molecule has 0 radical (unpaired) electrons. The Morgan fingerprint density at radius 3 is 2.59 bits per heavy atom. The number of nitrogens with zero attached hydrogens (tertiary/aromatic N) is 3. The zero-order valence-electron chi connectivity index (χ0n) is 18.4. The number of benzene rings is 1. The molecule has 0 atom stereocenters. The van der Waals surface area contributed by atoms with Crippen LogP contribution in [0.2, 0.25) is 0 Å². The third kappa shape index (κ3) is 3.89. The van der Waals surface area contributed by atoms with Crippen molar-refractivity contribution in [3.05, 3.63) is 64.3 Å². The van der Waals surface area contributed by atoms with Gasteiger partial charge >= 0.3 is 5.97 Å². The van der Waals surface area contributed by atoms with E-state index in [1.54, 1.807) is 10.9 Å². The molecule has 8 heteroatoms. The Hall–Kier alpha value is -3.52. The summed E-state index contributed by atoms with van der Waals surface area (Å²) in [5.41, 5.74) is 4.85. The van der Waals surface area contributed by atoms with Gasteiger partial charge in [0, 0.05) is 16.5 Å². The summed E-state index contributed by atoms with van der Waals surface area (Å²) in [6.07, 6.45) is 2.41. The highest BCUT2D eigenvalue weighted by molar-refractivity contribution is 7.16. The van der Waals surface area contributed by atoms with Gasteiger partial charge in [0.2, 0.25) is 5.91 Å². The number of carbonyl (C=O) groups excluding carboxylic acids is 2. The average molecular weight is 449 g/mol. The molecule has 0 aliphatic rings. The van der Waals surface area contributed by atoms with Crippen molar-refractivity contribution in [2.24, 2.45) is 0 Å². The lowest BCUT2D eigenvalue weighted by molar-refractivity contribution is -0.116. The molecule has 1 N–H and O–H groups in total. The summed E-state index contributed by atoms with van der Waals surface area (Å²) in [5, 5.41) is 8.88. The van der Waals surface area contributed by atoms with Gasteiger partial charge in [-0.1, -0.05) is 37.3 Å². The Morgan fingerprint density at radius 2 is 1.91 bits per heavy atom. The molecule has 1 amide bonds. The number of carbonyl (C=O) groups is 2. The van der Waals surface area contributed by atoms with E-state index >= 15 is 0 Å². The number of nitrogens with one attached hydrogen (secondary N) is 1. The van der Waals surface area contributed by atoms with E-state index in [0.29, 0.717) is 22.6 Å². The third-order valence-electron chi connectivity index (χ3n) is 5.39. The molecule has 164 valence electrons. The third-order valence-corrected chi connectivity index (χ3v) is 6.45. The van der Waals surface area contributed by atoms with E-state index in [1.807, 2.05) is 57.2 Å². The summed E-state index contributed by atoms with van der Waals surface area (Å²) < 4.78 is 6.54. The minimum Gasteiger partial charge on any atom is -0.465 e. The summed E-state index contributed by atoms with van der Waals surface area (Å²) in [4.78, 5) is 30.7. The predicted octanol–water partition coefficient (Wildman–Crippen LogP) is 4.76. The molecule has 0 bridgehead atoms. The molecular weight excluding hydrogens is 424 g/mol. The van der Waals surface area contributed by atoms with Crippen LogP contribution in [0.3, 0.4) is 0 Å². The smallest absolute Gasteiger partial charge is 0.341 e. The zero-order chi connectivity index (χ0) is 22.8. The normalized spacial score (nSPS) is 11.0. The first-order chi connectivity index (χ1) is 15.4. The largest absolute Gasteiger partial charge is 0.465 e. The first-order valence-electron chi connectivity index (χ1n) is 10.3. The SMILES string of the molecule is CCc1c(C)sc(NC(=O)Cn2nc(C)c3c(-c4ccccc4)ccnc32)c1C(=O)OC. The van der Waals surface area contributed by atoms with Gasteiger partial charge in [-0.05, 0) is 43.0 Å². The number of methoxy groups -OCH3 is 1. The lowest BCUT2D eigenvalue weighted by atomic mass is 10.0. The predicted molar refractivity (Wildman–Crippen MR) is 126 cm³/mol. The Kier molecular flexibility index (Phi) is 6.05. The quantitative estimate of drug-likeness (QED) is 0.430. The Balaban J connectivity index is 1.66. The number of anilines is 1. The number of pyridine rings is 1. The second-order valence-electron chi connectivity index (χ2n) is 7.40. The van der Waals surface area contributed by atoms with Crippen LogP contribution < -0.4 is 5.32 Å². The molecule has 0 fully saturated rings. The molecular formula is C24H24N4O3S. The highest BCUT2D eigenvalue weighted by Gasteiger charge is 2.23. The van der Waals surface area contributed by atoms with Crippen LogP contribution in [0.5, 0.6) is 0 Å². The Bertz CT molecular complexity index is 1310. The summed E-state index contributed by atoms with van der Waals surface area (Å²) in [6, 6.07) is 12.0. The van der Waals surface area contributed by atoms with Crippen LogP contribution in [0.25, 0.3) is 22.2 Å². The van der Waals surface area contributed by atoms with Crippen LogP contribution in [-0.2, 0) is 22.5 Å². The lowest BCUT2D eigenvalue weighted by Gasteiger charge is -2.08. The van der Waals surface area contributed by atoms with Crippen molar-refractivity contribution >= 4 is 39.2 Å². The van der Waals surface area contributed by atoms with Crippen LogP contribution in [0, 0.1) is 13.8 Å². The number of ether oxygens (including phenoxy) is 1. The number of fused-ring (bicyclic) bond motifs is 1. The maximum Gasteiger partial charge on any atom is 0.341 e. The standard InChI is InChI=1S/C24H24N4O3S/c1-5-17-15(3)32-23(21(17)24(30)31-4)26-19(29)13-28-22-20(14(2)27-28)18(11-12-25-22)16-9-7-6-8-10-16/h6-12H,5,13H2,1-4H3,(H,26,29). The van der Waals surface area contributed by atoms with Gasteiger partial charge in [-0.25, -0.2) is 14.5 Å². The molecule has 0 aliphatic carbocycles. The molecule has 0 spiro atoms. The van der Waals surface area contributed by atoms with Gasteiger partial charge < -0.3 is 10.1 Å². The molecule has 0 unspecified atom stereocenters. The van der Waals surface area contributed by atoms with Crippen molar-refractivity contribution in [2.75, 3.05) is 12.4 Å². The molecule has 3 heterocycles. The minimum absolute atomic E-state index is 0.0192. The van der Waals surface area contributed by atoms with Gasteiger partial charge in [-0.3, -0.25) is 4.79 Å². The number of esters is 1. The van der Waals surface area contributed by atoms with Gasteiger partial charge in [0.25, 0.3) is 0 Å². The van der Waals surface area contributed by atoms with E-state index in [0.717, 1.165) is 32.6 Å². The van der Waals surface area contributed by atoms with Gasteiger partial charge in [-0.15, -0.1) is 11.3 Å². The summed E-state index contributed by atoms with van der Waals surface area (Å²) in [5.74, 6) is -0.730. The first-order valence-corrected chi connectivity index (χ1v) is 11.1. The highest BCUT2D eigenvalue weighted by atomic mass is 32.1. The molecule has 4 aromatic rings. The van der Waals surface area contributed by atoms with Crippen molar-refractivity contribution in [3.63, 3.8) is 0 Å². The van der Waals surface area contributed by atoms with Crippen molar-refractivity contribution in [3.8, 4) is 11.1 Å². The number of hydrogen-bond acceptors (Lipinski definition) is 6. The second-order valence-corrected chi connectivity index (χ2v) is 8.63. The summed E-state index contributed by atoms with van der Waals surface area (Å²) in [6.45, 7) is 5.80. The van der Waals surface area contributed by atoms with Gasteiger partial charge in [0.05, 0.1) is 18.4 Å². The number of thiophene rings is 1. The average Bonchev–Trinajstić information content (AvgIpc) is 3.29. The monoisotopic (exact) mass is 448 g/mol. The van der Waals surface area contributed by atoms with Crippen LogP contribution in [0.4, 0.5) is 5.00 Å². The molecule has 0 saturated carbocycles. The van der Waals surface area contributed by atoms with Crippen LogP contribution in [0.1, 0.15) is 33.4 Å². The Morgan fingerprint density at radius 1 is 1.16 bits per heavy atom. The van der Waals surface area contributed by atoms with Crippen molar-refractivity contribution < 1.29 is 14.3 Å². The van der Waals surface area contributed by atoms with Crippen molar-refractivity contribution in [1.29, 1.82) is 0 Å². The topological polar surface area (TPSA) is 86.1 Å². The van der Waals surface area contributed by atoms with E-state index < -0.39 is 5.97 Å². The van der Waals surface area contributed by atoms with E-state index in [-0.39, 0.29) is 12.5 Å². The van der Waals surface area contributed by atoms with E-state index in [9.17, 15) is 9.59 Å². The number of hydrogen-bond donors (Lipinski definition) is 1. The fraction of sp³-hybridized carbons (Fsp3) is 0.250. The molecule has 1 aromatic carbocycles. The fourth-order valence-corrected chi connectivity index (χ4v) is 5.11. The molecule has 3 aromatic heterocycles. The maximum absolute atomic E-state index is 12.9. The van der Waals surface area contributed by atoms with Gasteiger partial charge in [0.1, 0.15) is 11.5 Å². The second kappa shape index (κ2) is 8.92. The zero-order valence-corrected chi connectivity index (χ0v) is 19.2. The molecule has 32 heavy (non-hydrogen) atoms. The van der Waals surface area contributed by atoms with Gasteiger partial charge in [-0.2, -0.15) is 5.10 Å². The number of aryl methyl sites for hydroxylation is 2. The summed E-state index contributed by atoms with van der Waals surface area (Å²) >= 11 is 1.38. The van der Waals surface area contributed by atoms with E-state index in [2.05, 4.69) is 15.4 Å². The summed E-state index contributed by atoms with van der Waals surface area (Å²) in [7, 11) is 1.34. The number of rotatable bonds is 6. The van der Waals surface area contributed by atoms with E-state index in [4.69, 9.17) is 4.74 Å². The van der Waals surface area contributed by atoms with Crippen LogP contribution in [-0.4, -0.2) is 33.8 Å².